The lowest BCUT2D eigenvalue weighted by Gasteiger charge is -2.38. The molecule has 2 unspecified atom stereocenters. The summed E-state index contributed by atoms with van der Waals surface area (Å²) in [4.78, 5) is 15.1. The van der Waals surface area contributed by atoms with Gasteiger partial charge in [-0.25, -0.2) is 4.79 Å². The largest absolute Gasteiger partial charge is 0.448 e. The zero-order chi connectivity index (χ0) is 19.4. The zero-order valence-electron chi connectivity index (χ0n) is 16.7. The van der Waals surface area contributed by atoms with Gasteiger partial charge in [-0.2, -0.15) is 0 Å². The molecule has 3 heteroatoms. The molecule has 6 rings (SSSR count). The van der Waals surface area contributed by atoms with E-state index in [0.29, 0.717) is 12.6 Å². The summed E-state index contributed by atoms with van der Waals surface area (Å²) in [7, 11) is 0. The number of hydrogen-bond donors (Lipinski definition) is 0. The fourth-order valence-corrected chi connectivity index (χ4v) is 5.90. The summed E-state index contributed by atoms with van der Waals surface area (Å²) in [6.07, 6.45) is 9.59. The van der Waals surface area contributed by atoms with Crippen molar-refractivity contribution in [1.82, 2.24) is 4.90 Å². The maximum Gasteiger partial charge on any atom is 0.410 e. The molecule has 4 aliphatic rings. The van der Waals surface area contributed by atoms with E-state index in [9.17, 15) is 4.79 Å². The number of ether oxygens (including phenoxy) is 1. The van der Waals surface area contributed by atoms with Crippen LogP contribution in [0.15, 0.2) is 60.2 Å². The van der Waals surface area contributed by atoms with E-state index >= 15 is 0 Å². The second-order valence-electron chi connectivity index (χ2n) is 9.08. The molecule has 0 spiro atoms. The second-order valence-corrected chi connectivity index (χ2v) is 9.08. The molecule has 29 heavy (non-hydrogen) atoms. The lowest BCUT2D eigenvalue weighted by atomic mass is 9.76. The van der Waals surface area contributed by atoms with Crippen LogP contribution < -0.4 is 0 Å². The first kappa shape index (κ1) is 17.3. The first-order chi connectivity index (χ1) is 14.3. The van der Waals surface area contributed by atoms with Crippen molar-refractivity contribution >= 4 is 6.09 Å². The van der Waals surface area contributed by atoms with E-state index in [1.807, 2.05) is 4.90 Å². The fraction of sp³-hybridized carbons (Fsp3) is 0.423. The zero-order valence-corrected chi connectivity index (χ0v) is 16.7. The fourth-order valence-electron chi connectivity index (χ4n) is 5.90. The Morgan fingerprint density at radius 3 is 2.24 bits per heavy atom. The Kier molecular flexibility index (Phi) is 4.04. The molecule has 2 fully saturated rings. The Morgan fingerprint density at radius 2 is 1.62 bits per heavy atom. The molecule has 0 radical (unpaired) electrons. The molecule has 2 aromatic carbocycles. The quantitative estimate of drug-likeness (QED) is 0.616. The van der Waals surface area contributed by atoms with Crippen LogP contribution in [-0.2, 0) is 4.74 Å². The smallest absolute Gasteiger partial charge is 0.410 e. The normalized spacial score (nSPS) is 25.2. The minimum Gasteiger partial charge on any atom is -0.448 e. The number of fused-ring (bicyclic) bond motifs is 5. The van der Waals surface area contributed by atoms with E-state index in [1.165, 1.54) is 41.5 Å². The van der Waals surface area contributed by atoms with E-state index in [1.54, 1.807) is 5.57 Å². The Balaban J connectivity index is 1.20. The standard InChI is InChI=1S/C26H27NO2/c28-26(27-19-12-13-20(27)15-18(14-19)17-6-5-7-17)29-16-25-23-10-3-1-8-21(23)22-9-2-4-11-24(22)25/h1-4,8-11,14,17,19-20,25H,5-7,12-13,15-16H2. The number of carbonyl (C=O) groups excluding carboxylic acids is 1. The van der Waals surface area contributed by atoms with Crippen molar-refractivity contribution < 1.29 is 9.53 Å². The first-order valence-electron chi connectivity index (χ1n) is 11.1. The summed E-state index contributed by atoms with van der Waals surface area (Å²) < 4.78 is 5.95. The predicted octanol–water partition coefficient (Wildman–Crippen LogP) is 5.90. The van der Waals surface area contributed by atoms with Crippen LogP contribution in [0.5, 0.6) is 0 Å². The van der Waals surface area contributed by atoms with Crippen LogP contribution in [0.4, 0.5) is 4.79 Å². The highest BCUT2D eigenvalue weighted by Gasteiger charge is 2.42. The van der Waals surface area contributed by atoms with Crippen molar-refractivity contribution in [3.8, 4) is 11.1 Å². The van der Waals surface area contributed by atoms with Crippen LogP contribution in [0.2, 0.25) is 0 Å². The van der Waals surface area contributed by atoms with Gasteiger partial charge in [0.15, 0.2) is 0 Å². The van der Waals surface area contributed by atoms with Crippen molar-refractivity contribution in [3.63, 3.8) is 0 Å². The van der Waals surface area contributed by atoms with Gasteiger partial charge in [-0.15, -0.1) is 0 Å². The number of nitrogens with zero attached hydrogens (tertiary/aromatic N) is 1. The van der Waals surface area contributed by atoms with Gasteiger partial charge >= 0.3 is 6.09 Å². The van der Waals surface area contributed by atoms with Crippen molar-refractivity contribution in [1.29, 1.82) is 0 Å². The molecule has 1 saturated carbocycles. The van der Waals surface area contributed by atoms with Gasteiger partial charge in [0, 0.05) is 12.0 Å². The average Bonchev–Trinajstić information content (AvgIpc) is 3.17. The van der Waals surface area contributed by atoms with Gasteiger partial charge in [-0.3, -0.25) is 4.90 Å². The molecular formula is C26H27NO2. The number of amides is 1. The van der Waals surface area contributed by atoms with Gasteiger partial charge in [0.25, 0.3) is 0 Å². The number of benzene rings is 2. The van der Waals surface area contributed by atoms with Crippen LogP contribution in [-0.4, -0.2) is 29.7 Å². The molecule has 2 bridgehead atoms. The molecule has 148 valence electrons. The molecule has 2 heterocycles. The molecule has 2 aliphatic heterocycles. The lowest BCUT2D eigenvalue weighted by Crippen LogP contribution is -2.44. The number of hydrogen-bond acceptors (Lipinski definition) is 2. The molecule has 1 saturated heterocycles. The van der Waals surface area contributed by atoms with Gasteiger partial charge < -0.3 is 4.74 Å². The highest BCUT2D eigenvalue weighted by molar-refractivity contribution is 5.79. The Bertz CT molecular complexity index is 944. The Morgan fingerprint density at radius 1 is 0.931 bits per heavy atom. The Hall–Kier alpha value is -2.55. The van der Waals surface area contributed by atoms with Crippen LogP contribution >= 0.6 is 0 Å². The van der Waals surface area contributed by atoms with Gasteiger partial charge in [0.2, 0.25) is 0 Å². The maximum absolute atomic E-state index is 13.1. The minimum atomic E-state index is -0.122. The van der Waals surface area contributed by atoms with Gasteiger partial charge in [0.05, 0.1) is 6.04 Å². The summed E-state index contributed by atoms with van der Waals surface area (Å²) in [5.74, 6) is 0.928. The highest BCUT2D eigenvalue weighted by Crippen LogP contribution is 2.46. The summed E-state index contributed by atoms with van der Waals surface area (Å²) in [5, 5.41) is 0. The Labute approximate surface area is 172 Å². The first-order valence-corrected chi connectivity index (χ1v) is 11.1. The molecule has 2 aromatic rings. The van der Waals surface area contributed by atoms with Crippen LogP contribution in [0.3, 0.4) is 0 Å². The third kappa shape index (κ3) is 2.74. The van der Waals surface area contributed by atoms with E-state index < -0.39 is 0 Å². The summed E-state index contributed by atoms with van der Waals surface area (Å²) in [5.41, 5.74) is 6.71. The molecule has 2 aliphatic carbocycles. The molecule has 0 N–H and O–H groups in total. The maximum atomic E-state index is 13.1. The second kappa shape index (κ2) is 6.76. The number of carbonyl (C=O) groups is 1. The topological polar surface area (TPSA) is 29.5 Å². The third-order valence-corrected chi connectivity index (χ3v) is 7.60. The molecular weight excluding hydrogens is 358 g/mol. The van der Waals surface area contributed by atoms with Gasteiger partial charge in [-0.05, 0) is 60.3 Å². The third-order valence-electron chi connectivity index (χ3n) is 7.60. The van der Waals surface area contributed by atoms with Crippen LogP contribution in [0.25, 0.3) is 11.1 Å². The number of rotatable bonds is 3. The minimum absolute atomic E-state index is 0.122. The van der Waals surface area contributed by atoms with E-state index in [4.69, 9.17) is 4.74 Å². The van der Waals surface area contributed by atoms with Crippen LogP contribution in [0.1, 0.15) is 55.6 Å². The van der Waals surface area contributed by atoms with E-state index in [2.05, 4.69) is 54.6 Å². The van der Waals surface area contributed by atoms with Gasteiger partial charge in [0.1, 0.15) is 6.61 Å². The van der Waals surface area contributed by atoms with E-state index in [0.717, 1.165) is 25.2 Å². The monoisotopic (exact) mass is 385 g/mol. The average molecular weight is 386 g/mol. The van der Waals surface area contributed by atoms with Crippen molar-refractivity contribution in [3.05, 3.63) is 71.3 Å². The molecule has 1 amide bonds. The van der Waals surface area contributed by atoms with Crippen molar-refractivity contribution in [2.24, 2.45) is 5.92 Å². The van der Waals surface area contributed by atoms with Crippen molar-refractivity contribution in [2.45, 2.75) is 56.5 Å². The van der Waals surface area contributed by atoms with E-state index in [-0.39, 0.29) is 18.1 Å². The van der Waals surface area contributed by atoms with Crippen molar-refractivity contribution in [2.75, 3.05) is 6.61 Å². The SMILES string of the molecule is O=C(OCC1c2ccccc2-c2ccccc21)N1C2C=C(C3CCC3)CC1CC2. The van der Waals surface area contributed by atoms with Gasteiger partial charge in [-0.1, -0.05) is 66.6 Å². The summed E-state index contributed by atoms with van der Waals surface area (Å²) in [6.45, 7) is 0.419. The molecule has 2 atom stereocenters. The highest BCUT2D eigenvalue weighted by atomic mass is 16.6. The van der Waals surface area contributed by atoms with Crippen LogP contribution in [0, 0.1) is 5.92 Å². The lowest BCUT2D eigenvalue weighted by molar-refractivity contribution is 0.0836. The summed E-state index contributed by atoms with van der Waals surface area (Å²) in [6, 6.07) is 17.6. The molecule has 3 nitrogen and oxygen atoms in total. The molecule has 0 aromatic heterocycles. The predicted molar refractivity (Wildman–Crippen MR) is 114 cm³/mol. The summed E-state index contributed by atoms with van der Waals surface area (Å²) >= 11 is 0.